The molecule has 3 heteroatoms. The molecule has 0 aliphatic heterocycles. The van der Waals surface area contributed by atoms with Gasteiger partial charge in [0.25, 0.3) is 0 Å². The largest absolute Gasteiger partial charge is 0.331 e. The molecular formula is C17H28N2O. The molecule has 1 N–H and O–H groups in total. The minimum Gasteiger partial charge on any atom is -0.331 e. The lowest BCUT2D eigenvalue weighted by atomic mass is 10.1. The van der Waals surface area contributed by atoms with Crippen LogP contribution in [0.15, 0.2) is 24.3 Å². The van der Waals surface area contributed by atoms with Gasteiger partial charge in [0, 0.05) is 13.1 Å². The highest BCUT2D eigenvalue weighted by molar-refractivity contribution is 5.74. The Hall–Kier alpha value is -1.51. The molecule has 0 saturated heterocycles. The minimum atomic E-state index is 0.0215. The van der Waals surface area contributed by atoms with Crippen molar-refractivity contribution in [2.75, 3.05) is 13.1 Å². The van der Waals surface area contributed by atoms with Crippen LogP contribution in [0.1, 0.15) is 51.8 Å². The van der Waals surface area contributed by atoms with E-state index in [0.717, 1.165) is 25.1 Å². The molecular weight excluding hydrogens is 248 g/mol. The number of nitrogens with one attached hydrogen (secondary N) is 1. The molecule has 1 unspecified atom stereocenters. The van der Waals surface area contributed by atoms with Crippen LogP contribution in [-0.4, -0.2) is 24.0 Å². The summed E-state index contributed by atoms with van der Waals surface area (Å²) in [5.74, 6) is 0.486. The number of amides is 2. The summed E-state index contributed by atoms with van der Waals surface area (Å²) in [5, 5.41) is 3.08. The normalized spacial score (nSPS) is 12.3. The summed E-state index contributed by atoms with van der Waals surface area (Å²) in [6.07, 6.45) is 1.04. The van der Waals surface area contributed by atoms with Gasteiger partial charge in [0.2, 0.25) is 0 Å². The fraction of sp³-hybridized carbons (Fsp3) is 0.588. The van der Waals surface area contributed by atoms with Crippen molar-refractivity contribution < 1.29 is 4.79 Å². The average molecular weight is 276 g/mol. The topological polar surface area (TPSA) is 32.3 Å². The number of benzene rings is 1. The van der Waals surface area contributed by atoms with Gasteiger partial charge < -0.3 is 10.2 Å². The third-order valence-electron chi connectivity index (χ3n) is 3.48. The van der Waals surface area contributed by atoms with E-state index >= 15 is 0 Å². The van der Waals surface area contributed by atoms with Gasteiger partial charge in [0.1, 0.15) is 0 Å². The monoisotopic (exact) mass is 276 g/mol. The molecule has 0 aliphatic rings. The second-order valence-corrected chi connectivity index (χ2v) is 5.70. The second kappa shape index (κ2) is 7.93. The molecule has 0 fully saturated rings. The zero-order valence-corrected chi connectivity index (χ0v) is 13.4. The highest BCUT2D eigenvalue weighted by Crippen LogP contribution is 2.14. The fourth-order valence-electron chi connectivity index (χ4n) is 2.20. The smallest absolute Gasteiger partial charge is 0.317 e. The predicted octanol–water partition coefficient (Wildman–Crippen LogP) is 4.00. The third kappa shape index (κ3) is 4.87. The summed E-state index contributed by atoms with van der Waals surface area (Å²) in [6.45, 7) is 12.0. The summed E-state index contributed by atoms with van der Waals surface area (Å²) in [7, 11) is 0. The van der Waals surface area contributed by atoms with E-state index in [0.29, 0.717) is 5.92 Å². The van der Waals surface area contributed by atoms with Crippen molar-refractivity contribution >= 4 is 6.03 Å². The van der Waals surface area contributed by atoms with Crippen molar-refractivity contribution in [2.24, 2.45) is 5.92 Å². The molecule has 1 aromatic carbocycles. The summed E-state index contributed by atoms with van der Waals surface area (Å²) >= 11 is 0. The van der Waals surface area contributed by atoms with E-state index < -0.39 is 0 Å². The van der Waals surface area contributed by atoms with Gasteiger partial charge in [0.05, 0.1) is 6.04 Å². The number of carbonyl (C=O) groups excluding carboxylic acids is 1. The van der Waals surface area contributed by atoms with E-state index in [-0.39, 0.29) is 12.1 Å². The molecule has 0 bridgehead atoms. The van der Waals surface area contributed by atoms with Crippen LogP contribution in [0.4, 0.5) is 4.79 Å². The number of carbonyl (C=O) groups is 1. The first-order valence-electron chi connectivity index (χ1n) is 7.62. The fourth-order valence-corrected chi connectivity index (χ4v) is 2.20. The van der Waals surface area contributed by atoms with Crippen LogP contribution in [0.5, 0.6) is 0 Å². The van der Waals surface area contributed by atoms with Gasteiger partial charge in [-0.05, 0) is 37.3 Å². The summed E-state index contributed by atoms with van der Waals surface area (Å²) in [6, 6.07) is 8.51. The SMILES string of the molecule is CCc1ccc(C(C)NC(=O)N(CC)CC(C)C)cc1. The van der Waals surface area contributed by atoms with E-state index in [4.69, 9.17) is 0 Å². The van der Waals surface area contributed by atoms with Crippen LogP contribution in [0.3, 0.4) is 0 Å². The molecule has 0 saturated carbocycles. The van der Waals surface area contributed by atoms with Gasteiger partial charge in [-0.3, -0.25) is 0 Å². The van der Waals surface area contributed by atoms with Crippen molar-refractivity contribution in [3.05, 3.63) is 35.4 Å². The van der Waals surface area contributed by atoms with Crippen LogP contribution in [-0.2, 0) is 6.42 Å². The Balaban J connectivity index is 2.63. The lowest BCUT2D eigenvalue weighted by Gasteiger charge is -2.25. The van der Waals surface area contributed by atoms with Crippen LogP contribution < -0.4 is 5.32 Å². The maximum absolute atomic E-state index is 12.2. The molecule has 0 aromatic heterocycles. The van der Waals surface area contributed by atoms with Gasteiger partial charge in [-0.25, -0.2) is 4.79 Å². The van der Waals surface area contributed by atoms with Crippen molar-refractivity contribution in [3.63, 3.8) is 0 Å². The first kappa shape index (κ1) is 16.5. The standard InChI is InChI=1S/C17H28N2O/c1-6-15-8-10-16(11-9-15)14(5)18-17(20)19(7-2)12-13(3)4/h8-11,13-14H,6-7,12H2,1-5H3,(H,18,20). The van der Waals surface area contributed by atoms with Crippen molar-refractivity contribution in [3.8, 4) is 0 Å². The summed E-state index contributed by atoms with van der Waals surface area (Å²) < 4.78 is 0. The zero-order valence-electron chi connectivity index (χ0n) is 13.4. The lowest BCUT2D eigenvalue weighted by molar-refractivity contribution is 0.191. The molecule has 0 spiro atoms. The van der Waals surface area contributed by atoms with Crippen LogP contribution >= 0.6 is 0 Å². The van der Waals surface area contributed by atoms with Crippen LogP contribution in [0, 0.1) is 5.92 Å². The second-order valence-electron chi connectivity index (χ2n) is 5.70. The highest BCUT2D eigenvalue weighted by Gasteiger charge is 2.15. The Bertz CT molecular complexity index is 412. The number of nitrogens with zero attached hydrogens (tertiary/aromatic N) is 1. The maximum Gasteiger partial charge on any atom is 0.317 e. The predicted molar refractivity (Wildman–Crippen MR) is 84.9 cm³/mol. The van der Waals surface area contributed by atoms with E-state index in [1.807, 2.05) is 18.7 Å². The molecule has 0 heterocycles. The summed E-state index contributed by atoms with van der Waals surface area (Å²) in [5.41, 5.74) is 2.47. The Kier molecular flexibility index (Phi) is 6.56. The minimum absolute atomic E-state index is 0.0215. The number of aryl methyl sites for hydroxylation is 1. The molecule has 1 aromatic rings. The molecule has 112 valence electrons. The summed E-state index contributed by atoms with van der Waals surface area (Å²) in [4.78, 5) is 14.1. The lowest BCUT2D eigenvalue weighted by Crippen LogP contribution is -2.42. The van der Waals surface area contributed by atoms with Gasteiger partial charge in [-0.2, -0.15) is 0 Å². The molecule has 0 aliphatic carbocycles. The molecule has 2 amide bonds. The quantitative estimate of drug-likeness (QED) is 0.837. The highest BCUT2D eigenvalue weighted by atomic mass is 16.2. The molecule has 3 nitrogen and oxygen atoms in total. The first-order valence-corrected chi connectivity index (χ1v) is 7.62. The van der Waals surface area contributed by atoms with Gasteiger partial charge in [-0.1, -0.05) is 45.0 Å². The first-order chi connectivity index (χ1) is 9.47. The van der Waals surface area contributed by atoms with Gasteiger partial charge in [0.15, 0.2) is 0 Å². The van der Waals surface area contributed by atoms with E-state index in [9.17, 15) is 4.79 Å². The molecule has 0 radical (unpaired) electrons. The van der Waals surface area contributed by atoms with Crippen molar-refractivity contribution in [1.29, 1.82) is 0 Å². The Morgan fingerprint density at radius 3 is 2.20 bits per heavy atom. The van der Waals surface area contributed by atoms with Crippen LogP contribution in [0.2, 0.25) is 0 Å². The average Bonchev–Trinajstić information content (AvgIpc) is 2.44. The molecule has 1 atom stereocenters. The number of rotatable bonds is 6. The van der Waals surface area contributed by atoms with Gasteiger partial charge in [-0.15, -0.1) is 0 Å². The van der Waals surface area contributed by atoms with E-state index in [1.165, 1.54) is 5.56 Å². The molecule has 1 rings (SSSR count). The van der Waals surface area contributed by atoms with E-state index in [1.54, 1.807) is 0 Å². The van der Waals surface area contributed by atoms with Crippen molar-refractivity contribution in [2.45, 2.75) is 47.1 Å². The Morgan fingerprint density at radius 2 is 1.75 bits per heavy atom. The number of urea groups is 1. The number of hydrogen-bond acceptors (Lipinski definition) is 1. The third-order valence-corrected chi connectivity index (χ3v) is 3.48. The number of hydrogen-bond donors (Lipinski definition) is 1. The van der Waals surface area contributed by atoms with Crippen molar-refractivity contribution in [1.82, 2.24) is 10.2 Å². The Labute approximate surface area is 123 Å². The Morgan fingerprint density at radius 1 is 1.15 bits per heavy atom. The van der Waals surface area contributed by atoms with E-state index in [2.05, 4.69) is 50.4 Å². The zero-order chi connectivity index (χ0) is 15.1. The molecule has 20 heavy (non-hydrogen) atoms. The maximum atomic E-state index is 12.2. The van der Waals surface area contributed by atoms with Gasteiger partial charge >= 0.3 is 6.03 Å². The van der Waals surface area contributed by atoms with Crippen LogP contribution in [0.25, 0.3) is 0 Å².